The highest BCUT2D eigenvalue weighted by molar-refractivity contribution is 5.85. The molecule has 2 aromatic rings. The van der Waals surface area contributed by atoms with Crippen LogP contribution in [0.5, 0.6) is 0 Å². The number of nitro benzene ring substituents is 1. The van der Waals surface area contributed by atoms with Crippen LogP contribution < -0.4 is 5.32 Å². The Morgan fingerprint density at radius 3 is 2.62 bits per heavy atom. The zero-order valence-electron chi connectivity index (χ0n) is 13.8. The predicted molar refractivity (Wildman–Crippen MR) is 95.4 cm³/mol. The second kappa shape index (κ2) is 7.79. The number of nitro groups is 1. The number of rotatable bonds is 4. The summed E-state index contributed by atoms with van der Waals surface area (Å²) in [6, 6.07) is 11.3. The summed E-state index contributed by atoms with van der Waals surface area (Å²) in [5, 5.41) is 14.2. The number of hydrogen-bond acceptors (Lipinski definition) is 5. The third-order valence-electron chi connectivity index (χ3n) is 4.28. The Labute approximate surface area is 147 Å². The molecule has 130 valence electrons. The number of piperazine rings is 1. The van der Waals surface area contributed by atoms with E-state index in [1.165, 1.54) is 12.1 Å². The molecule has 1 N–H and O–H groups in total. The zero-order valence-corrected chi connectivity index (χ0v) is 14.6. The minimum atomic E-state index is -0.399. The lowest BCUT2D eigenvalue weighted by Crippen LogP contribution is -2.53. The first-order chi connectivity index (χ1) is 11.0. The molecule has 0 amide bonds. The molecule has 1 aliphatic heterocycles. The largest absolute Gasteiger partial charge is 0.460 e. The third kappa shape index (κ3) is 4.14. The van der Waals surface area contributed by atoms with Crippen LogP contribution in [0.4, 0.5) is 5.69 Å². The van der Waals surface area contributed by atoms with Crippen LogP contribution in [0, 0.1) is 10.1 Å². The molecule has 6 nitrogen and oxygen atoms in total. The van der Waals surface area contributed by atoms with Crippen molar-refractivity contribution in [3.05, 3.63) is 52.3 Å². The molecule has 1 aromatic carbocycles. The van der Waals surface area contributed by atoms with Gasteiger partial charge in [-0.3, -0.25) is 15.0 Å². The summed E-state index contributed by atoms with van der Waals surface area (Å²) in [5.74, 6) is 1.66. The van der Waals surface area contributed by atoms with Gasteiger partial charge in [0.2, 0.25) is 0 Å². The lowest BCUT2D eigenvalue weighted by Gasteiger charge is -2.36. The van der Waals surface area contributed by atoms with Crippen LogP contribution >= 0.6 is 12.4 Å². The van der Waals surface area contributed by atoms with Crippen molar-refractivity contribution in [1.82, 2.24) is 10.2 Å². The van der Waals surface area contributed by atoms with Gasteiger partial charge >= 0.3 is 0 Å². The number of non-ortho nitro benzene ring substituents is 1. The molecule has 2 unspecified atom stereocenters. The molecule has 24 heavy (non-hydrogen) atoms. The summed E-state index contributed by atoms with van der Waals surface area (Å²) >= 11 is 0. The van der Waals surface area contributed by atoms with Crippen LogP contribution in [0.15, 0.2) is 40.8 Å². The molecule has 2 atom stereocenters. The fraction of sp³-hybridized carbons (Fsp3) is 0.412. The standard InChI is InChI=1S/C17H21N3O3.ClH/c1-12-10-19(13(2)9-18-12)11-16-7-8-17(23-16)14-3-5-15(6-4-14)20(21)22;/h3-8,12-13,18H,9-11H2,1-2H3;1H. The number of hydrogen-bond donors (Lipinski definition) is 1. The van der Waals surface area contributed by atoms with E-state index < -0.39 is 4.92 Å². The molecule has 3 rings (SSSR count). The average Bonchev–Trinajstić information content (AvgIpc) is 2.99. The summed E-state index contributed by atoms with van der Waals surface area (Å²) in [4.78, 5) is 12.7. The van der Waals surface area contributed by atoms with Gasteiger partial charge in [0, 0.05) is 42.9 Å². The normalized spacial score (nSPS) is 21.2. The van der Waals surface area contributed by atoms with Crippen LogP contribution in [-0.4, -0.2) is 35.0 Å². The molecule has 1 aliphatic rings. The highest BCUT2D eigenvalue weighted by Crippen LogP contribution is 2.25. The van der Waals surface area contributed by atoms with Gasteiger partial charge in [-0.05, 0) is 38.1 Å². The van der Waals surface area contributed by atoms with Gasteiger partial charge in [0.25, 0.3) is 5.69 Å². The molecule has 0 spiro atoms. The van der Waals surface area contributed by atoms with Gasteiger partial charge in [-0.15, -0.1) is 12.4 Å². The third-order valence-corrected chi connectivity index (χ3v) is 4.28. The van der Waals surface area contributed by atoms with E-state index in [0.717, 1.165) is 36.7 Å². The molecule has 0 saturated carbocycles. The topological polar surface area (TPSA) is 71.5 Å². The Hall–Kier alpha value is -1.89. The molecule has 0 bridgehead atoms. The van der Waals surface area contributed by atoms with Gasteiger partial charge < -0.3 is 9.73 Å². The summed E-state index contributed by atoms with van der Waals surface area (Å²) in [7, 11) is 0. The van der Waals surface area contributed by atoms with Gasteiger partial charge in [-0.2, -0.15) is 0 Å². The Morgan fingerprint density at radius 1 is 1.25 bits per heavy atom. The van der Waals surface area contributed by atoms with E-state index in [2.05, 4.69) is 24.1 Å². The maximum atomic E-state index is 10.7. The molecule has 0 aliphatic carbocycles. The van der Waals surface area contributed by atoms with Crippen molar-refractivity contribution in [3.63, 3.8) is 0 Å². The van der Waals surface area contributed by atoms with E-state index in [-0.39, 0.29) is 18.1 Å². The second-order valence-corrected chi connectivity index (χ2v) is 6.16. The van der Waals surface area contributed by atoms with E-state index in [1.807, 2.05) is 12.1 Å². The first-order valence-corrected chi connectivity index (χ1v) is 7.84. The van der Waals surface area contributed by atoms with Crippen molar-refractivity contribution in [2.24, 2.45) is 0 Å². The monoisotopic (exact) mass is 351 g/mol. The molecular formula is C17H22ClN3O3. The minimum absolute atomic E-state index is 0. The summed E-state index contributed by atoms with van der Waals surface area (Å²) < 4.78 is 5.92. The van der Waals surface area contributed by atoms with Crippen molar-refractivity contribution >= 4 is 18.1 Å². The summed E-state index contributed by atoms with van der Waals surface area (Å²) in [5.41, 5.74) is 0.938. The SMILES string of the molecule is CC1CN(Cc2ccc(-c3ccc([N+](=O)[O-])cc3)o2)C(C)CN1.Cl. The fourth-order valence-corrected chi connectivity index (χ4v) is 2.88. The average molecular weight is 352 g/mol. The molecule has 1 saturated heterocycles. The van der Waals surface area contributed by atoms with Gasteiger partial charge in [-0.1, -0.05) is 0 Å². The van der Waals surface area contributed by atoms with Gasteiger partial charge in [0.05, 0.1) is 11.5 Å². The maximum absolute atomic E-state index is 10.7. The van der Waals surface area contributed by atoms with Crippen molar-refractivity contribution in [2.45, 2.75) is 32.5 Å². The molecule has 2 heterocycles. The zero-order chi connectivity index (χ0) is 16.4. The van der Waals surface area contributed by atoms with E-state index in [0.29, 0.717) is 12.1 Å². The van der Waals surface area contributed by atoms with Crippen LogP contribution in [0.25, 0.3) is 11.3 Å². The molecule has 1 aromatic heterocycles. The number of benzene rings is 1. The van der Waals surface area contributed by atoms with Crippen LogP contribution in [0.3, 0.4) is 0 Å². The second-order valence-electron chi connectivity index (χ2n) is 6.16. The van der Waals surface area contributed by atoms with Crippen LogP contribution in [0.1, 0.15) is 19.6 Å². The molecule has 0 radical (unpaired) electrons. The van der Waals surface area contributed by atoms with Gasteiger partial charge in [0.15, 0.2) is 0 Å². The van der Waals surface area contributed by atoms with Crippen LogP contribution in [0.2, 0.25) is 0 Å². The Bertz CT molecular complexity index is 687. The van der Waals surface area contributed by atoms with Gasteiger partial charge in [-0.25, -0.2) is 0 Å². The van der Waals surface area contributed by atoms with E-state index >= 15 is 0 Å². The first kappa shape index (κ1) is 18.4. The first-order valence-electron chi connectivity index (χ1n) is 7.84. The smallest absolute Gasteiger partial charge is 0.269 e. The Kier molecular flexibility index (Phi) is 5.99. The van der Waals surface area contributed by atoms with Crippen molar-refractivity contribution in [1.29, 1.82) is 0 Å². The van der Waals surface area contributed by atoms with E-state index in [1.54, 1.807) is 12.1 Å². The molecular weight excluding hydrogens is 330 g/mol. The van der Waals surface area contributed by atoms with Crippen molar-refractivity contribution in [2.75, 3.05) is 13.1 Å². The van der Waals surface area contributed by atoms with E-state index in [4.69, 9.17) is 4.42 Å². The molecule has 1 fully saturated rings. The number of nitrogens with one attached hydrogen (secondary N) is 1. The van der Waals surface area contributed by atoms with Crippen molar-refractivity contribution < 1.29 is 9.34 Å². The van der Waals surface area contributed by atoms with Gasteiger partial charge in [0.1, 0.15) is 11.5 Å². The fourth-order valence-electron chi connectivity index (χ4n) is 2.88. The Balaban J connectivity index is 0.00000208. The highest BCUT2D eigenvalue weighted by Gasteiger charge is 2.23. The molecule has 7 heteroatoms. The summed E-state index contributed by atoms with van der Waals surface area (Å²) in [6.45, 7) is 7.15. The summed E-state index contributed by atoms with van der Waals surface area (Å²) in [6.07, 6.45) is 0. The van der Waals surface area contributed by atoms with E-state index in [9.17, 15) is 10.1 Å². The van der Waals surface area contributed by atoms with Crippen molar-refractivity contribution in [3.8, 4) is 11.3 Å². The number of nitrogens with zero attached hydrogens (tertiary/aromatic N) is 2. The number of halogens is 1. The number of furan rings is 1. The highest BCUT2D eigenvalue weighted by atomic mass is 35.5. The lowest BCUT2D eigenvalue weighted by atomic mass is 10.1. The predicted octanol–water partition coefficient (Wildman–Crippen LogP) is 3.46. The maximum Gasteiger partial charge on any atom is 0.269 e. The lowest BCUT2D eigenvalue weighted by molar-refractivity contribution is -0.384. The minimum Gasteiger partial charge on any atom is -0.460 e. The quantitative estimate of drug-likeness (QED) is 0.674. The Morgan fingerprint density at radius 2 is 1.96 bits per heavy atom. The van der Waals surface area contributed by atoms with Crippen LogP contribution in [-0.2, 0) is 6.54 Å².